The van der Waals surface area contributed by atoms with Crippen LogP contribution in [0.3, 0.4) is 0 Å². The topological polar surface area (TPSA) is 137 Å². The summed E-state index contributed by atoms with van der Waals surface area (Å²) < 4.78 is 17.9. The Kier molecular flexibility index (Phi) is 4.74. The number of phenols is 2. The highest BCUT2D eigenvalue weighted by molar-refractivity contribution is 6.22. The number of nitro benzene ring substituents is 1. The number of pyridine rings is 1. The Morgan fingerprint density at radius 2 is 1.65 bits per heavy atom. The van der Waals surface area contributed by atoms with E-state index in [0.29, 0.717) is 38.2 Å². The van der Waals surface area contributed by atoms with E-state index in [0.717, 1.165) is 0 Å². The van der Waals surface area contributed by atoms with E-state index < -0.39 is 10.5 Å². The number of hydrogen-bond donors (Lipinski definition) is 2. The maximum Gasteiger partial charge on any atom is 0.361 e. The van der Waals surface area contributed by atoms with E-state index in [-0.39, 0.29) is 39.8 Å². The van der Waals surface area contributed by atoms with Crippen LogP contribution in [0.2, 0.25) is 0 Å². The van der Waals surface area contributed by atoms with Crippen molar-refractivity contribution in [2.24, 2.45) is 0 Å². The van der Waals surface area contributed by atoms with Gasteiger partial charge in [-0.1, -0.05) is 18.2 Å². The van der Waals surface area contributed by atoms with Gasteiger partial charge < -0.3 is 28.5 Å². The zero-order valence-electron chi connectivity index (χ0n) is 19.5. The van der Waals surface area contributed by atoms with Crippen molar-refractivity contribution in [1.29, 1.82) is 0 Å². The first-order chi connectivity index (χ1) is 17.8. The Hall–Kier alpha value is -5.25. The fraction of sp³-hybridized carbons (Fsp3) is 0.0741. The van der Waals surface area contributed by atoms with Crippen molar-refractivity contribution in [3.05, 3.63) is 81.3 Å². The Labute approximate surface area is 207 Å². The number of phenolic OH excluding ortho intramolecular Hbond substituents is 2. The molecule has 10 heteroatoms. The number of ether oxygens (including phenoxy) is 2. The molecule has 0 amide bonds. The summed E-state index contributed by atoms with van der Waals surface area (Å²) in [6.45, 7) is 0. The summed E-state index contributed by atoms with van der Waals surface area (Å²) in [5.74, 6) is 0.108. The second-order valence-corrected chi connectivity index (χ2v) is 8.42. The molecular weight excluding hydrogens is 480 g/mol. The Bertz CT molecular complexity index is 1990. The van der Waals surface area contributed by atoms with E-state index in [9.17, 15) is 25.1 Å². The van der Waals surface area contributed by atoms with E-state index in [1.165, 1.54) is 32.4 Å². The molecule has 0 aliphatic carbocycles. The van der Waals surface area contributed by atoms with Crippen molar-refractivity contribution in [1.82, 2.24) is 4.40 Å². The molecule has 184 valence electrons. The molecule has 0 unspecified atom stereocenters. The van der Waals surface area contributed by atoms with Crippen LogP contribution in [0.5, 0.6) is 23.0 Å². The zero-order chi connectivity index (χ0) is 26.0. The number of hydrogen-bond acceptors (Lipinski definition) is 8. The second kappa shape index (κ2) is 7.89. The van der Waals surface area contributed by atoms with Crippen molar-refractivity contribution in [3.8, 4) is 34.1 Å². The van der Waals surface area contributed by atoms with E-state index in [1.54, 1.807) is 47.0 Å². The van der Waals surface area contributed by atoms with Crippen molar-refractivity contribution in [3.63, 3.8) is 0 Å². The number of rotatable bonds is 4. The first-order valence-corrected chi connectivity index (χ1v) is 11.1. The highest BCUT2D eigenvalue weighted by Gasteiger charge is 2.25. The lowest BCUT2D eigenvalue weighted by molar-refractivity contribution is -0.383. The molecule has 6 aromatic rings. The average Bonchev–Trinajstić information content (AvgIpc) is 3.25. The normalized spacial score (nSPS) is 11.5. The van der Waals surface area contributed by atoms with Crippen LogP contribution in [-0.2, 0) is 0 Å². The molecule has 3 aromatic heterocycles. The van der Waals surface area contributed by atoms with Crippen molar-refractivity contribution in [2.45, 2.75) is 0 Å². The van der Waals surface area contributed by atoms with E-state index in [1.807, 2.05) is 0 Å². The van der Waals surface area contributed by atoms with E-state index >= 15 is 0 Å². The van der Waals surface area contributed by atoms with Gasteiger partial charge in [0.1, 0.15) is 11.1 Å². The van der Waals surface area contributed by atoms with Crippen LogP contribution in [0, 0.1) is 10.1 Å². The summed E-state index contributed by atoms with van der Waals surface area (Å²) in [5.41, 5.74) is 1.26. The molecule has 0 saturated carbocycles. The second-order valence-electron chi connectivity index (χ2n) is 8.42. The average molecular weight is 498 g/mol. The number of fused-ring (bicyclic) bond motifs is 7. The number of aromatic hydroxyl groups is 2. The summed E-state index contributed by atoms with van der Waals surface area (Å²) in [7, 11) is 2.83. The van der Waals surface area contributed by atoms with Crippen LogP contribution < -0.4 is 15.1 Å². The zero-order valence-corrected chi connectivity index (χ0v) is 19.5. The van der Waals surface area contributed by atoms with Crippen LogP contribution >= 0.6 is 0 Å². The van der Waals surface area contributed by atoms with Gasteiger partial charge in [-0.15, -0.1) is 0 Å². The lowest BCUT2D eigenvalue weighted by atomic mass is 9.98. The SMILES string of the molecule is COc1cc(-c2c3c4cc(OC)c(O)cc4oc(=O)c3n3ccc4c([N+](=O)[O-])cccc4c23)ccc1O. The van der Waals surface area contributed by atoms with Gasteiger partial charge in [0.2, 0.25) is 0 Å². The molecule has 0 radical (unpaired) electrons. The summed E-state index contributed by atoms with van der Waals surface area (Å²) in [6.07, 6.45) is 1.59. The number of non-ortho nitro benzene ring substituents is 1. The number of aromatic nitrogens is 1. The fourth-order valence-electron chi connectivity index (χ4n) is 4.96. The molecule has 0 aliphatic rings. The monoisotopic (exact) mass is 498 g/mol. The molecule has 3 heterocycles. The van der Waals surface area contributed by atoms with E-state index in [4.69, 9.17) is 13.9 Å². The minimum Gasteiger partial charge on any atom is -0.504 e. The molecule has 0 fully saturated rings. The third kappa shape index (κ3) is 3.09. The predicted molar refractivity (Wildman–Crippen MR) is 137 cm³/mol. The Balaban J connectivity index is 1.94. The van der Waals surface area contributed by atoms with Gasteiger partial charge >= 0.3 is 5.63 Å². The number of benzene rings is 3. The largest absolute Gasteiger partial charge is 0.504 e. The minimum absolute atomic E-state index is 0.0736. The predicted octanol–water partition coefficient (Wildman–Crippen LogP) is 5.36. The molecule has 0 aliphatic heterocycles. The minimum atomic E-state index is -0.663. The molecule has 0 spiro atoms. The number of methoxy groups -OCH3 is 2. The van der Waals surface area contributed by atoms with Gasteiger partial charge in [0.25, 0.3) is 5.69 Å². The van der Waals surface area contributed by atoms with Gasteiger partial charge in [0.05, 0.1) is 30.0 Å². The maximum absolute atomic E-state index is 13.3. The third-order valence-electron chi connectivity index (χ3n) is 6.55. The van der Waals surface area contributed by atoms with Crippen LogP contribution in [0.15, 0.2) is 70.0 Å². The number of nitrogens with zero attached hydrogens (tertiary/aromatic N) is 2. The van der Waals surface area contributed by atoms with Crippen molar-refractivity contribution in [2.75, 3.05) is 14.2 Å². The van der Waals surface area contributed by atoms with Crippen LogP contribution in [0.25, 0.3) is 49.3 Å². The highest BCUT2D eigenvalue weighted by Crippen LogP contribution is 2.45. The molecule has 0 saturated heterocycles. The molecule has 3 aromatic carbocycles. The van der Waals surface area contributed by atoms with Gasteiger partial charge in [-0.25, -0.2) is 4.79 Å². The summed E-state index contributed by atoms with van der Waals surface area (Å²) in [6, 6.07) is 14.0. The lowest BCUT2D eigenvalue weighted by Gasteiger charge is -2.10. The lowest BCUT2D eigenvalue weighted by Crippen LogP contribution is -2.02. The molecule has 6 rings (SSSR count). The van der Waals surface area contributed by atoms with Gasteiger partial charge in [0.15, 0.2) is 23.0 Å². The standard InChI is InChI=1S/C27H18N2O8/c1-35-21-10-13(6-7-18(21)30)23-24-16-11-22(36-2)19(31)12-20(16)37-27(32)26(24)28-9-8-14-15(25(23)28)4-3-5-17(14)29(33)34/h3-12,30-31H,1-2H3. The highest BCUT2D eigenvalue weighted by atomic mass is 16.6. The summed E-state index contributed by atoms with van der Waals surface area (Å²) in [4.78, 5) is 24.7. The quantitative estimate of drug-likeness (QED) is 0.188. The molecule has 10 nitrogen and oxygen atoms in total. The van der Waals surface area contributed by atoms with Crippen molar-refractivity contribution >= 4 is 43.8 Å². The van der Waals surface area contributed by atoms with E-state index in [2.05, 4.69) is 0 Å². The van der Waals surface area contributed by atoms with Crippen LogP contribution in [0.1, 0.15) is 0 Å². The van der Waals surface area contributed by atoms with Gasteiger partial charge in [-0.3, -0.25) is 10.1 Å². The maximum atomic E-state index is 13.3. The molecule has 37 heavy (non-hydrogen) atoms. The molecular formula is C27H18N2O8. The smallest absolute Gasteiger partial charge is 0.361 e. The summed E-state index contributed by atoms with van der Waals surface area (Å²) >= 11 is 0. The number of nitro groups is 1. The first-order valence-electron chi connectivity index (χ1n) is 11.1. The summed E-state index contributed by atoms with van der Waals surface area (Å²) in [5, 5.41) is 34.2. The molecule has 0 atom stereocenters. The fourth-order valence-corrected chi connectivity index (χ4v) is 4.96. The van der Waals surface area contributed by atoms with Crippen molar-refractivity contribution < 1.29 is 29.0 Å². The molecule has 0 bridgehead atoms. The van der Waals surface area contributed by atoms with Gasteiger partial charge in [-0.2, -0.15) is 0 Å². The first kappa shape index (κ1) is 22.2. The van der Waals surface area contributed by atoms with Gasteiger partial charge in [-0.05, 0) is 29.8 Å². The van der Waals surface area contributed by atoms with Crippen LogP contribution in [0.4, 0.5) is 5.69 Å². The van der Waals surface area contributed by atoms with Crippen LogP contribution in [-0.4, -0.2) is 33.8 Å². The third-order valence-corrected chi connectivity index (χ3v) is 6.55. The Morgan fingerprint density at radius 1 is 0.892 bits per heavy atom. The molecule has 2 N–H and O–H groups in total. The Morgan fingerprint density at radius 3 is 2.38 bits per heavy atom. The van der Waals surface area contributed by atoms with Gasteiger partial charge in [0, 0.05) is 40.1 Å².